The van der Waals surface area contributed by atoms with Crippen molar-refractivity contribution >= 4 is 11.4 Å². The van der Waals surface area contributed by atoms with Gasteiger partial charge in [0.25, 0.3) is 0 Å². The van der Waals surface area contributed by atoms with Gasteiger partial charge in [0.15, 0.2) is 0 Å². The molecule has 0 spiro atoms. The zero-order chi connectivity index (χ0) is 34.8. The van der Waals surface area contributed by atoms with Crippen molar-refractivity contribution in [1.82, 2.24) is 19.9 Å². The highest BCUT2D eigenvalue weighted by molar-refractivity contribution is 6.29. The summed E-state index contributed by atoms with van der Waals surface area (Å²) in [6.07, 6.45) is 3.78. The largest absolute Gasteiger partial charge is 0.246 e. The Labute approximate surface area is 286 Å². The Balaban J connectivity index is 1.55. The van der Waals surface area contributed by atoms with E-state index in [2.05, 4.69) is 9.98 Å². The average Bonchev–Trinajstić information content (AvgIpc) is 3.16. The quantitative estimate of drug-likeness (QED) is 0.166. The van der Waals surface area contributed by atoms with Crippen molar-refractivity contribution in [2.45, 2.75) is 27.2 Å². The molecule has 1 aliphatic carbocycles. The van der Waals surface area contributed by atoms with E-state index < -0.39 is 13.3 Å². The molecule has 0 saturated heterocycles. The number of aliphatic imine (C=N–C) groups is 2. The summed E-state index contributed by atoms with van der Waals surface area (Å²) in [5.41, 5.74) is 8.79. The highest BCUT2D eigenvalue weighted by Crippen LogP contribution is 2.37. The molecule has 8 nitrogen and oxygen atoms in total. The maximum Gasteiger partial charge on any atom is 0.206 e. The van der Waals surface area contributed by atoms with Crippen LogP contribution in [0.5, 0.6) is 0 Å². The number of hydrogen-bond acceptors (Lipinski definition) is 8. The molecular weight excluding hydrogens is 630 g/mol. The van der Waals surface area contributed by atoms with E-state index in [1.54, 1.807) is 48.5 Å². The van der Waals surface area contributed by atoms with Crippen LogP contribution in [0.1, 0.15) is 45.0 Å². The predicted octanol–water partition coefficient (Wildman–Crippen LogP) is 8.44. The Hall–Kier alpha value is -6.78. The Kier molecular flexibility index (Phi) is 8.51. The van der Waals surface area contributed by atoms with Gasteiger partial charge in [-0.3, -0.25) is 0 Å². The van der Waals surface area contributed by atoms with Crippen LogP contribution in [0.25, 0.3) is 45.0 Å². The van der Waals surface area contributed by atoms with Crippen LogP contribution in [0, 0.1) is 36.8 Å². The summed E-state index contributed by atoms with van der Waals surface area (Å²) < 4.78 is 26.9. The van der Waals surface area contributed by atoms with E-state index in [0.29, 0.717) is 45.0 Å². The van der Waals surface area contributed by atoms with Gasteiger partial charge in [-0.1, -0.05) is 108 Å². The Morgan fingerprint density at radius 1 is 0.440 bits per heavy atom. The molecule has 0 fully saturated rings. The molecule has 2 heterocycles. The number of fused-ring (bicyclic) bond motifs is 2. The van der Waals surface area contributed by atoms with Crippen LogP contribution in [0.4, 0.5) is 8.78 Å². The molecule has 0 saturated carbocycles. The van der Waals surface area contributed by atoms with Gasteiger partial charge in [0, 0.05) is 22.3 Å². The lowest BCUT2D eigenvalue weighted by molar-refractivity contribution is 0.485. The molecule has 0 radical (unpaired) electrons. The van der Waals surface area contributed by atoms with Crippen LogP contribution in [0.15, 0.2) is 107 Å². The minimum Gasteiger partial charge on any atom is -0.246 e. The van der Waals surface area contributed by atoms with Crippen molar-refractivity contribution < 1.29 is 8.78 Å². The number of nitriles is 2. The van der Waals surface area contributed by atoms with Crippen LogP contribution in [-0.4, -0.2) is 31.4 Å². The van der Waals surface area contributed by atoms with Gasteiger partial charge in [-0.05, 0) is 25.0 Å². The second kappa shape index (κ2) is 13.4. The number of aryl methyl sites for hydroxylation is 2. The third kappa shape index (κ3) is 5.80. The van der Waals surface area contributed by atoms with Gasteiger partial charge in [-0.2, -0.15) is 20.5 Å². The summed E-state index contributed by atoms with van der Waals surface area (Å²) in [7, 11) is 0. The Bertz CT molecular complexity index is 2230. The van der Waals surface area contributed by atoms with Crippen molar-refractivity contribution in [1.29, 1.82) is 10.5 Å². The van der Waals surface area contributed by atoms with Gasteiger partial charge < -0.3 is 0 Å². The van der Waals surface area contributed by atoms with Gasteiger partial charge in [0.05, 0.1) is 22.8 Å². The molecule has 50 heavy (non-hydrogen) atoms. The standard InChI is InChI=1S/C40H26F2N8/c1-23-3-11-27(12-4-23)31-32(28-13-5-24(2)6-14-28)48-38-36(46-22-44)40-39(35(45-21-43)37(38)47-31)49-33(29-15-7-25(19-41)8-16-29)34(50-40)30-17-9-26(20-42)10-18-30/h3-18H,19-20H2,1-2H3/b45-35-,46-36+. The molecule has 4 aromatic carbocycles. The van der Waals surface area contributed by atoms with E-state index in [1.807, 2.05) is 74.8 Å². The van der Waals surface area contributed by atoms with Gasteiger partial charge in [0.2, 0.25) is 12.4 Å². The number of halogens is 2. The van der Waals surface area contributed by atoms with E-state index in [-0.39, 0.29) is 34.2 Å². The van der Waals surface area contributed by atoms with Crippen molar-refractivity contribution in [2.75, 3.05) is 0 Å². The first kappa shape index (κ1) is 31.8. The summed E-state index contributed by atoms with van der Waals surface area (Å²) in [6.45, 7) is 2.72. The third-order valence-electron chi connectivity index (χ3n) is 8.43. The van der Waals surface area contributed by atoms with Crippen LogP contribution >= 0.6 is 0 Å². The van der Waals surface area contributed by atoms with E-state index >= 15 is 0 Å². The molecule has 10 heteroatoms. The number of benzene rings is 4. The second-order valence-corrected chi connectivity index (χ2v) is 11.8. The van der Waals surface area contributed by atoms with Crippen molar-refractivity contribution in [2.24, 2.45) is 9.98 Å². The molecule has 0 atom stereocenters. The van der Waals surface area contributed by atoms with Crippen molar-refractivity contribution in [3.63, 3.8) is 0 Å². The summed E-state index contributed by atoms with van der Waals surface area (Å²) in [5.74, 6) is 0. The molecule has 2 aromatic heterocycles. The molecule has 0 unspecified atom stereocenters. The third-order valence-corrected chi connectivity index (χ3v) is 8.43. The number of aromatic nitrogens is 4. The molecule has 0 bridgehead atoms. The summed E-state index contributed by atoms with van der Waals surface area (Å²) >= 11 is 0. The fourth-order valence-electron chi connectivity index (χ4n) is 5.80. The van der Waals surface area contributed by atoms with Gasteiger partial charge >= 0.3 is 0 Å². The maximum atomic E-state index is 13.5. The highest BCUT2D eigenvalue weighted by atomic mass is 19.1. The van der Waals surface area contributed by atoms with Crippen LogP contribution in [0.3, 0.4) is 0 Å². The zero-order valence-electron chi connectivity index (χ0n) is 27.0. The molecule has 240 valence electrons. The summed E-state index contributed by atoms with van der Waals surface area (Å²) in [5, 5.41) is 19.9. The topological polar surface area (TPSA) is 124 Å². The number of rotatable bonds is 6. The molecule has 0 amide bonds. The first-order valence-electron chi connectivity index (χ1n) is 15.7. The number of alkyl halides is 2. The van der Waals surface area contributed by atoms with Gasteiger partial charge in [-0.25, -0.2) is 28.7 Å². The molecule has 6 aromatic rings. The predicted molar refractivity (Wildman–Crippen MR) is 187 cm³/mol. The fourth-order valence-corrected chi connectivity index (χ4v) is 5.80. The smallest absolute Gasteiger partial charge is 0.206 e. The van der Waals surface area contributed by atoms with Crippen molar-refractivity contribution in [3.05, 3.63) is 142 Å². The van der Waals surface area contributed by atoms with E-state index in [0.717, 1.165) is 22.3 Å². The van der Waals surface area contributed by atoms with Gasteiger partial charge in [-0.15, -0.1) is 0 Å². The molecule has 0 aliphatic heterocycles. The fraction of sp³-hybridized carbons (Fsp3) is 0.100. The zero-order valence-corrected chi connectivity index (χ0v) is 27.0. The van der Waals surface area contributed by atoms with Crippen LogP contribution in [0.2, 0.25) is 0 Å². The van der Waals surface area contributed by atoms with Crippen LogP contribution < -0.4 is 0 Å². The van der Waals surface area contributed by atoms with E-state index in [9.17, 15) is 19.3 Å². The Morgan fingerprint density at radius 2 is 0.700 bits per heavy atom. The normalized spacial score (nSPS) is 13.4. The SMILES string of the molecule is Cc1ccc(-c2nc3c(nc2-c2ccc(C)cc2)/C(=N\C#N)c2nc(-c4ccc(CF)cc4)c(-c4ccc(CF)cc4)nc2/C3=N\C#N)cc1. The minimum atomic E-state index is -0.635. The monoisotopic (exact) mass is 656 g/mol. The van der Waals surface area contributed by atoms with Gasteiger partial charge in [0.1, 0.15) is 47.5 Å². The van der Waals surface area contributed by atoms with E-state index in [4.69, 9.17) is 19.9 Å². The first-order valence-corrected chi connectivity index (χ1v) is 15.7. The lowest BCUT2D eigenvalue weighted by Gasteiger charge is -2.23. The highest BCUT2D eigenvalue weighted by Gasteiger charge is 2.36. The lowest BCUT2D eigenvalue weighted by Crippen LogP contribution is -2.29. The first-order chi connectivity index (χ1) is 24.4. The summed E-state index contributed by atoms with van der Waals surface area (Å²) in [6, 6.07) is 29.2. The molecule has 7 rings (SSSR count). The Morgan fingerprint density at radius 3 is 0.940 bits per heavy atom. The maximum absolute atomic E-state index is 13.5. The van der Waals surface area contributed by atoms with Crippen LogP contribution in [-0.2, 0) is 13.3 Å². The summed E-state index contributed by atoms with van der Waals surface area (Å²) in [4.78, 5) is 28.6. The molecule has 1 aliphatic rings. The van der Waals surface area contributed by atoms with Crippen molar-refractivity contribution in [3.8, 4) is 57.4 Å². The number of nitrogens with zero attached hydrogens (tertiary/aromatic N) is 8. The molecule has 0 N–H and O–H groups in total. The number of hydrogen-bond donors (Lipinski definition) is 0. The second-order valence-electron chi connectivity index (χ2n) is 11.8. The van der Waals surface area contributed by atoms with E-state index in [1.165, 1.54) is 0 Å². The average molecular weight is 657 g/mol. The lowest BCUT2D eigenvalue weighted by atomic mass is 9.92. The molecular formula is C40H26F2N8. The minimum absolute atomic E-state index is 0.110.